The molecule has 1 fully saturated rings. The van der Waals surface area contributed by atoms with Gasteiger partial charge in [0, 0.05) is 17.8 Å². The Labute approximate surface area is 153 Å². The fraction of sp³-hybridized carbons (Fsp3) is 0.318. The van der Waals surface area contributed by atoms with Crippen molar-refractivity contribution in [3.8, 4) is 0 Å². The van der Waals surface area contributed by atoms with Gasteiger partial charge in [-0.25, -0.2) is 4.79 Å². The second-order valence-corrected chi connectivity index (χ2v) is 7.06. The first kappa shape index (κ1) is 16.7. The van der Waals surface area contributed by atoms with E-state index in [0.29, 0.717) is 5.92 Å². The zero-order chi connectivity index (χ0) is 17.8. The molecule has 2 N–H and O–H groups in total. The van der Waals surface area contributed by atoms with E-state index in [1.54, 1.807) is 6.26 Å². The number of hydrogen-bond acceptors (Lipinski definition) is 2. The minimum atomic E-state index is -0.127. The summed E-state index contributed by atoms with van der Waals surface area (Å²) in [6.45, 7) is 0. The third kappa shape index (κ3) is 3.74. The topological polar surface area (TPSA) is 54.3 Å². The smallest absolute Gasteiger partial charge is 0.319 e. The molecule has 26 heavy (non-hydrogen) atoms. The lowest BCUT2D eigenvalue weighted by atomic mass is 9.82. The van der Waals surface area contributed by atoms with Crippen molar-refractivity contribution in [2.75, 3.05) is 5.32 Å². The minimum Gasteiger partial charge on any atom is -0.469 e. The van der Waals surface area contributed by atoms with Crippen LogP contribution in [0.25, 0.3) is 10.8 Å². The second kappa shape index (κ2) is 7.65. The molecule has 2 atom stereocenters. The number of fused-ring (bicyclic) bond motifs is 1. The number of anilines is 1. The summed E-state index contributed by atoms with van der Waals surface area (Å²) in [4.78, 5) is 12.6. The molecule has 4 rings (SSSR count). The summed E-state index contributed by atoms with van der Waals surface area (Å²) in [5, 5.41) is 8.42. The van der Waals surface area contributed by atoms with Crippen molar-refractivity contribution in [1.82, 2.24) is 5.32 Å². The summed E-state index contributed by atoms with van der Waals surface area (Å²) in [5.41, 5.74) is 0.846. The van der Waals surface area contributed by atoms with E-state index < -0.39 is 0 Å². The zero-order valence-electron chi connectivity index (χ0n) is 14.8. The summed E-state index contributed by atoms with van der Waals surface area (Å²) in [5.74, 6) is 1.42. The first-order valence-electron chi connectivity index (χ1n) is 9.37. The minimum absolute atomic E-state index is 0.127. The molecule has 1 aliphatic carbocycles. The van der Waals surface area contributed by atoms with Crippen LogP contribution in [0.1, 0.15) is 31.4 Å². The largest absolute Gasteiger partial charge is 0.469 e. The SMILES string of the molecule is O=C(Nc1cccc2ccccc12)N[C@H]1CCCC[C@@H]1Cc1ccco1. The van der Waals surface area contributed by atoms with Crippen LogP contribution in [0, 0.1) is 5.92 Å². The number of carbonyl (C=O) groups excluding carboxylic acids is 1. The predicted molar refractivity (Wildman–Crippen MR) is 104 cm³/mol. The molecule has 2 amide bonds. The molecule has 3 aromatic rings. The molecule has 4 heteroatoms. The summed E-state index contributed by atoms with van der Waals surface area (Å²) >= 11 is 0. The molecular formula is C22H24N2O2. The highest BCUT2D eigenvalue weighted by molar-refractivity contribution is 6.01. The maximum atomic E-state index is 12.6. The van der Waals surface area contributed by atoms with Crippen LogP contribution in [0.3, 0.4) is 0 Å². The molecule has 1 aromatic heterocycles. The van der Waals surface area contributed by atoms with Gasteiger partial charge in [0.05, 0.1) is 12.0 Å². The van der Waals surface area contributed by atoms with Gasteiger partial charge in [0.25, 0.3) is 0 Å². The normalized spacial score (nSPS) is 20.0. The van der Waals surface area contributed by atoms with Gasteiger partial charge in [-0.1, -0.05) is 49.2 Å². The Morgan fingerprint density at radius 1 is 1.00 bits per heavy atom. The molecule has 134 valence electrons. The zero-order valence-corrected chi connectivity index (χ0v) is 14.8. The highest BCUT2D eigenvalue weighted by atomic mass is 16.3. The third-order valence-corrected chi connectivity index (χ3v) is 5.31. The lowest BCUT2D eigenvalue weighted by Gasteiger charge is -2.31. The standard InChI is InChI=1S/C22H24N2O2/c25-22(24-21-13-5-9-16-7-1-3-11-19(16)21)23-20-12-4-2-8-17(20)15-18-10-6-14-26-18/h1,3,5-7,9-11,13-14,17,20H,2,4,8,12,15H2,(H2,23,24,25)/t17-,20+/m1/s1. The lowest BCUT2D eigenvalue weighted by molar-refractivity contribution is 0.224. The number of rotatable bonds is 4. The van der Waals surface area contributed by atoms with E-state index in [1.807, 2.05) is 42.5 Å². The molecule has 0 spiro atoms. The first-order chi connectivity index (χ1) is 12.8. The van der Waals surface area contributed by atoms with Crippen LogP contribution in [0.4, 0.5) is 10.5 Å². The highest BCUT2D eigenvalue weighted by Crippen LogP contribution is 2.28. The van der Waals surface area contributed by atoms with Gasteiger partial charge < -0.3 is 15.1 Å². The molecule has 0 bridgehead atoms. The van der Waals surface area contributed by atoms with Crippen molar-refractivity contribution in [2.24, 2.45) is 5.92 Å². The Kier molecular flexibility index (Phi) is 4.91. The van der Waals surface area contributed by atoms with Gasteiger partial charge in [-0.3, -0.25) is 0 Å². The van der Waals surface area contributed by atoms with Crippen molar-refractivity contribution in [3.05, 3.63) is 66.6 Å². The van der Waals surface area contributed by atoms with Gasteiger partial charge in [0.1, 0.15) is 5.76 Å². The number of amides is 2. The summed E-state index contributed by atoms with van der Waals surface area (Å²) in [7, 11) is 0. The number of urea groups is 1. The lowest BCUT2D eigenvalue weighted by Crippen LogP contribution is -2.44. The average molecular weight is 348 g/mol. The Hall–Kier alpha value is -2.75. The number of benzene rings is 2. The molecule has 0 aliphatic heterocycles. The van der Waals surface area contributed by atoms with E-state index in [1.165, 1.54) is 6.42 Å². The van der Waals surface area contributed by atoms with Crippen LogP contribution in [0.5, 0.6) is 0 Å². The van der Waals surface area contributed by atoms with Gasteiger partial charge in [-0.15, -0.1) is 0 Å². The summed E-state index contributed by atoms with van der Waals surface area (Å²) in [6.07, 6.45) is 7.12. The number of hydrogen-bond donors (Lipinski definition) is 2. The van der Waals surface area contributed by atoms with Crippen LogP contribution in [0.2, 0.25) is 0 Å². The molecule has 0 radical (unpaired) electrons. The highest BCUT2D eigenvalue weighted by Gasteiger charge is 2.27. The van der Waals surface area contributed by atoms with E-state index in [2.05, 4.69) is 22.8 Å². The Balaban J connectivity index is 1.44. The molecule has 0 saturated heterocycles. The van der Waals surface area contributed by atoms with Crippen molar-refractivity contribution in [2.45, 2.75) is 38.1 Å². The van der Waals surface area contributed by atoms with E-state index in [9.17, 15) is 4.79 Å². The van der Waals surface area contributed by atoms with Crippen molar-refractivity contribution >= 4 is 22.5 Å². The fourth-order valence-electron chi connectivity index (χ4n) is 3.99. The predicted octanol–water partition coefficient (Wildman–Crippen LogP) is 5.36. The quantitative estimate of drug-likeness (QED) is 0.667. The monoisotopic (exact) mass is 348 g/mol. The van der Waals surface area contributed by atoms with Gasteiger partial charge in [-0.2, -0.15) is 0 Å². The molecule has 4 nitrogen and oxygen atoms in total. The summed E-state index contributed by atoms with van der Waals surface area (Å²) in [6, 6.07) is 18.1. The third-order valence-electron chi connectivity index (χ3n) is 5.31. The van der Waals surface area contributed by atoms with E-state index in [-0.39, 0.29) is 12.1 Å². The molecule has 1 aliphatic rings. The number of nitrogens with one attached hydrogen (secondary N) is 2. The van der Waals surface area contributed by atoms with Crippen molar-refractivity contribution < 1.29 is 9.21 Å². The van der Waals surface area contributed by atoms with Crippen LogP contribution in [0.15, 0.2) is 65.3 Å². The van der Waals surface area contributed by atoms with E-state index in [4.69, 9.17) is 4.42 Å². The van der Waals surface area contributed by atoms with E-state index >= 15 is 0 Å². The van der Waals surface area contributed by atoms with Gasteiger partial charge in [0.15, 0.2) is 0 Å². The second-order valence-electron chi connectivity index (χ2n) is 7.06. The van der Waals surface area contributed by atoms with Gasteiger partial charge in [-0.05, 0) is 42.3 Å². The van der Waals surface area contributed by atoms with Crippen LogP contribution < -0.4 is 10.6 Å². The maximum Gasteiger partial charge on any atom is 0.319 e. The molecule has 0 unspecified atom stereocenters. The number of carbonyl (C=O) groups is 1. The van der Waals surface area contributed by atoms with E-state index in [0.717, 1.165) is 47.9 Å². The summed E-state index contributed by atoms with van der Waals surface area (Å²) < 4.78 is 5.51. The molecule has 1 heterocycles. The molecular weight excluding hydrogens is 324 g/mol. The fourth-order valence-corrected chi connectivity index (χ4v) is 3.99. The van der Waals surface area contributed by atoms with Crippen LogP contribution in [-0.4, -0.2) is 12.1 Å². The first-order valence-corrected chi connectivity index (χ1v) is 9.37. The van der Waals surface area contributed by atoms with Crippen molar-refractivity contribution in [3.63, 3.8) is 0 Å². The number of furan rings is 1. The Morgan fingerprint density at radius 3 is 2.73 bits per heavy atom. The average Bonchev–Trinajstić information content (AvgIpc) is 3.17. The molecule has 1 saturated carbocycles. The molecule has 2 aromatic carbocycles. The maximum absolute atomic E-state index is 12.6. The van der Waals surface area contributed by atoms with Crippen LogP contribution >= 0.6 is 0 Å². The van der Waals surface area contributed by atoms with Gasteiger partial charge in [0.2, 0.25) is 0 Å². The van der Waals surface area contributed by atoms with Crippen molar-refractivity contribution in [1.29, 1.82) is 0 Å². The Morgan fingerprint density at radius 2 is 1.85 bits per heavy atom. The van der Waals surface area contributed by atoms with Crippen LogP contribution in [-0.2, 0) is 6.42 Å². The van der Waals surface area contributed by atoms with Gasteiger partial charge >= 0.3 is 6.03 Å². The Bertz CT molecular complexity index is 867.